The van der Waals surface area contributed by atoms with Crippen molar-refractivity contribution >= 4 is 37.5 Å². The van der Waals surface area contributed by atoms with E-state index < -0.39 is 15.9 Å². The standard InChI is InChI=1S/C23H24FN3O3S2/c1-2-13-27-20-12-9-18(24)16-21(20)31-23(27)25-22(28)17-7-10-19(11-8-17)32(29,30)26-14-5-3-4-6-15-26/h2,7-12,16H,1,3-6,13-15H2. The monoisotopic (exact) mass is 473 g/mol. The number of aromatic nitrogens is 1. The molecule has 0 bridgehead atoms. The summed E-state index contributed by atoms with van der Waals surface area (Å²) in [6.45, 7) is 5.20. The molecule has 2 aromatic carbocycles. The fourth-order valence-corrected chi connectivity index (χ4v) is 6.37. The van der Waals surface area contributed by atoms with Crippen molar-refractivity contribution < 1.29 is 17.6 Å². The maximum Gasteiger partial charge on any atom is 0.279 e. The van der Waals surface area contributed by atoms with Gasteiger partial charge >= 0.3 is 0 Å². The van der Waals surface area contributed by atoms with Gasteiger partial charge in [-0.2, -0.15) is 9.30 Å². The number of amides is 1. The van der Waals surface area contributed by atoms with E-state index in [0.29, 0.717) is 29.1 Å². The molecule has 168 valence electrons. The number of carbonyl (C=O) groups is 1. The highest BCUT2D eigenvalue weighted by Crippen LogP contribution is 2.22. The van der Waals surface area contributed by atoms with Gasteiger partial charge in [0.1, 0.15) is 5.82 Å². The number of benzene rings is 2. The lowest BCUT2D eigenvalue weighted by Crippen LogP contribution is -2.31. The topological polar surface area (TPSA) is 71.7 Å². The number of nitrogens with zero attached hydrogens (tertiary/aromatic N) is 3. The average Bonchev–Trinajstić information content (AvgIpc) is 2.95. The van der Waals surface area contributed by atoms with Crippen LogP contribution in [0.3, 0.4) is 0 Å². The van der Waals surface area contributed by atoms with Gasteiger partial charge in [-0.1, -0.05) is 30.3 Å². The van der Waals surface area contributed by atoms with Crippen molar-refractivity contribution in [2.24, 2.45) is 4.99 Å². The molecule has 0 radical (unpaired) electrons. The number of carbonyl (C=O) groups excluding carboxylic acids is 1. The van der Waals surface area contributed by atoms with Crippen LogP contribution < -0.4 is 4.80 Å². The van der Waals surface area contributed by atoms with Gasteiger partial charge in [-0.05, 0) is 55.3 Å². The summed E-state index contributed by atoms with van der Waals surface area (Å²) in [6, 6.07) is 10.3. The Morgan fingerprint density at radius 3 is 2.44 bits per heavy atom. The van der Waals surface area contributed by atoms with E-state index in [0.717, 1.165) is 31.2 Å². The summed E-state index contributed by atoms with van der Waals surface area (Å²) in [7, 11) is -3.58. The number of halogens is 1. The van der Waals surface area contributed by atoms with Crippen molar-refractivity contribution in [1.82, 2.24) is 8.87 Å². The van der Waals surface area contributed by atoms with Gasteiger partial charge in [0, 0.05) is 25.2 Å². The number of rotatable bonds is 5. The second kappa shape index (κ2) is 9.48. The number of hydrogen-bond acceptors (Lipinski definition) is 4. The highest BCUT2D eigenvalue weighted by Gasteiger charge is 2.25. The van der Waals surface area contributed by atoms with Crippen LogP contribution in [0.25, 0.3) is 10.2 Å². The fraction of sp³-hybridized carbons (Fsp3) is 0.304. The van der Waals surface area contributed by atoms with Crippen LogP contribution in [0.2, 0.25) is 0 Å². The summed E-state index contributed by atoms with van der Waals surface area (Å²) in [4.78, 5) is 17.6. The quantitative estimate of drug-likeness (QED) is 0.518. The number of sulfonamides is 1. The van der Waals surface area contributed by atoms with E-state index >= 15 is 0 Å². The second-order valence-corrected chi connectivity index (χ2v) is 10.6. The third-order valence-corrected chi connectivity index (χ3v) is 8.41. The van der Waals surface area contributed by atoms with Crippen molar-refractivity contribution in [2.45, 2.75) is 37.1 Å². The molecule has 1 amide bonds. The molecule has 0 unspecified atom stereocenters. The normalized spacial score (nSPS) is 16.2. The molecule has 0 spiro atoms. The molecule has 6 nitrogen and oxygen atoms in total. The molecule has 4 rings (SSSR count). The van der Waals surface area contributed by atoms with Gasteiger partial charge in [-0.3, -0.25) is 4.79 Å². The number of hydrogen-bond donors (Lipinski definition) is 0. The molecule has 1 fully saturated rings. The van der Waals surface area contributed by atoms with Gasteiger partial charge in [-0.15, -0.1) is 6.58 Å². The predicted octanol–water partition coefficient (Wildman–Crippen LogP) is 4.33. The van der Waals surface area contributed by atoms with E-state index in [9.17, 15) is 17.6 Å². The smallest absolute Gasteiger partial charge is 0.279 e. The summed E-state index contributed by atoms with van der Waals surface area (Å²) in [5.41, 5.74) is 1.05. The first-order valence-corrected chi connectivity index (χ1v) is 12.7. The Hall–Kier alpha value is -2.62. The molecule has 32 heavy (non-hydrogen) atoms. The van der Waals surface area contributed by atoms with Crippen LogP contribution in [-0.2, 0) is 16.6 Å². The van der Waals surface area contributed by atoms with Crippen LogP contribution in [0.15, 0.2) is 65.0 Å². The summed E-state index contributed by atoms with van der Waals surface area (Å²) >= 11 is 1.21. The molecule has 1 aliphatic rings. The Kier molecular flexibility index (Phi) is 6.68. The van der Waals surface area contributed by atoms with Crippen LogP contribution in [0.4, 0.5) is 4.39 Å². The molecule has 0 atom stereocenters. The van der Waals surface area contributed by atoms with E-state index in [4.69, 9.17) is 0 Å². The number of fused-ring (bicyclic) bond motifs is 1. The predicted molar refractivity (Wildman–Crippen MR) is 124 cm³/mol. The molecule has 1 aromatic heterocycles. The maximum absolute atomic E-state index is 13.6. The third kappa shape index (κ3) is 4.60. The zero-order valence-electron chi connectivity index (χ0n) is 17.5. The van der Waals surface area contributed by atoms with Crippen LogP contribution in [0.5, 0.6) is 0 Å². The van der Waals surface area contributed by atoms with Crippen molar-refractivity contribution in [1.29, 1.82) is 0 Å². The number of allylic oxidation sites excluding steroid dienone is 1. The van der Waals surface area contributed by atoms with E-state index in [2.05, 4.69) is 11.6 Å². The van der Waals surface area contributed by atoms with Crippen molar-refractivity contribution in [3.05, 3.63) is 71.3 Å². The Balaban J connectivity index is 1.64. The minimum atomic E-state index is -3.58. The van der Waals surface area contributed by atoms with Crippen molar-refractivity contribution in [3.63, 3.8) is 0 Å². The molecular weight excluding hydrogens is 449 g/mol. The number of thiazole rings is 1. The molecule has 1 saturated heterocycles. The highest BCUT2D eigenvalue weighted by molar-refractivity contribution is 7.89. The Labute approximate surface area is 190 Å². The van der Waals surface area contributed by atoms with E-state index in [1.54, 1.807) is 16.7 Å². The first kappa shape index (κ1) is 22.6. The molecule has 2 heterocycles. The van der Waals surface area contributed by atoms with Gasteiger partial charge in [0.15, 0.2) is 4.80 Å². The SMILES string of the molecule is C=CCn1c(=NC(=O)c2ccc(S(=O)(=O)N3CCCCCC3)cc2)sc2cc(F)ccc21. The Morgan fingerprint density at radius 2 is 1.78 bits per heavy atom. The largest absolute Gasteiger partial charge is 0.312 e. The summed E-state index contributed by atoms with van der Waals surface area (Å²) in [5, 5.41) is 0. The Morgan fingerprint density at radius 1 is 1.09 bits per heavy atom. The highest BCUT2D eigenvalue weighted by atomic mass is 32.2. The van der Waals surface area contributed by atoms with Crippen LogP contribution >= 0.6 is 11.3 Å². The first-order valence-electron chi connectivity index (χ1n) is 10.5. The third-order valence-electron chi connectivity index (χ3n) is 5.46. The summed E-state index contributed by atoms with van der Waals surface area (Å²) < 4.78 is 43.5. The Bertz CT molecular complexity index is 1320. The minimum absolute atomic E-state index is 0.176. The first-order chi connectivity index (χ1) is 15.4. The van der Waals surface area contributed by atoms with Crippen LogP contribution in [0, 0.1) is 5.82 Å². The summed E-state index contributed by atoms with van der Waals surface area (Å²) in [5.74, 6) is -0.850. The fourth-order valence-electron chi connectivity index (χ4n) is 3.79. The molecule has 3 aromatic rings. The lowest BCUT2D eigenvalue weighted by Gasteiger charge is -2.19. The molecule has 0 N–H and O–H groups in total. The molecule has 9 heteroatoms. The minimum Gasteiger partial charge on any atom is -0.312 e. The molecule has 0 aliphatic carbocycles. The van der Waals surface area contributed by atoms with Crippen molar-refractivity contribution in [2.75, 3.05) is 13.1 Å². The van der Waals surface area contributed by atoms with Gasteiger partial charge in [-0.25, -0.2) is 12.8 Å². The van der Waals surface area contributed by atoms with E-state index in [1.165, 1.54) is 52.0 Å². The van der Waals surface area contributed by atoms with Gasteiger partial charge in [0.25, 0.3) is 5.91 Å². The molecular formula is C23H24FN3O3S2. The summed E-state index contributed by atoms with van der Waals surface area (Å²) in [6.07, 6.45) is 5.48. The van der Waals surface area contributed by atoms with Crippen molar-refractivity contribution in [3.8, 4) is 0 Å². The molecule has 1 aliphatic heterocycles. The van der Waals surface area contributed by atoms with E-state index in [-0.39, 0.29) is 16.3 Å². The van der Waals surface area contributed by atoms with Gasteiger partial charge < -0.3 is 4.57 Å². The van der Waals surface area contributed by atoms with E-state index in [1.807, 2.05) is 0 Å². The zero-order chi connectivity index (χ0) is 22.7. The molecule has 0 saturated carbocycles. The zero-order valence-corrected chi connectivity index (χ0v) is 19.2. The lowest BCUT2D eigenvalue weighted by molar-refractivity contribution is 0.0997. The lowest BCUT2D eigenvalue weighted by atomic mass is 10.2. The van der Waals surface area contributed by atoms with Crippen LogP contribution in [-0.4, -0.2) is 36.3 Å². The second-order valence-electron chi connectivity index (χ2n) is 7.66. The van der Waals surface area contributed by atoms with Gasteiger partial charge in [0.05, 0.1) is 15.1 Å². The average molecular weight is 474 g/mol. The van der Waals surface area contributed by atoms with Crippen LogP contribution in [0.1, 0.15) is 36.0 Å². The van der Waals surface area contributed by atoms with Gasteiger partial charge in [0.2, 0.25) is 10.0 Å². The maximum atomic E-state index is 13.6.